The number of carbonyl (C=O) groups excluding carboxylic acids is 1. The molecule has 6 nitrogen and oxygen atoms in total. The second kappa shape index (κ2) is 5.19. The molecule has 0 unspecified atom stereocenters. The highest BCUT2D eigenvalue weighted by Crippen LogP contribution is 2.22. The smallest absolute Gasteiger partial charge is 0.231 e. The van der Waals surface area contributed by atoms with Gasteiger partial charge in [-0.3, -0.25) is 4.79 Å². The van der Waals surface area contributed by atoms with E-state index in [4.69, 9.17) is 5.73 Å². The Bertz CT molecular complexity index is 562. The zero-order chi connectivity index (χ0) is 13.9. The number of hydrogen-bond donors (Lipinski definition) is 2. The van der Waals surface area contributed by atoms with E-state index in [0.29, 0.717) is 5.69 Å². The molecule has 1 aromatic heterocycles. The van der Waals surface area contributed by atoms with Crippen LogP contribution in [0.25, 0.3) is 5.69 Å². The van der Waals surface area contributed by atoms with E-state index >= 15 is 0 Å². The van der Waals surface area contributed by atoms with Gasteiger partial charge < -0.3 is 11.1 Å². The lowest BCUT2D eigenvalue weighted by atomic mass is 9.92. The van der Waals surface area contributed by atoms with Crippen molar-refractivity contribution in [2.75, 3.05) is 11.9 Å². The minimum absolute atomic E-state index is 0.123. The predicted octanol–water partition coefficient (Wildman–Crippen LogP) is 1.19. The maximum Gasteiger partial charge on any atom is 0.231 e. The van der Waals surface area contributed by atoms with Gasteiger partial charge in [0.25, 0.3) is 0 Å². The number of carbonyl (C=O) groups is 1. The number of benzene rings is 1. The molecular formula is C13H17N5O. The van der Waals surface area contributed by atoms with Gasteiger partial charge in [0.1, 0.15) is 0 Å². The van der Waals surface area contributed by atoms with E-state index in [0.717, 1.165) is 5.69 Å². The summed E-state index contributed by atoms with van der Waals surface area (Å²) in [5.74, 6) is -0.123. The third kappa shape index (κ3) is 2.79. The molecule has 3 N–H and O–H groups in total. The molecule has 6 heteroatoms. The fourth-order valence-corrected chi connectivity index (χ4v) is 1.50. The normalized spacial score (nSPS) is 11.3. The molecule has 0 saturated heterocycles. The molecule has 0 aliphatic carbocycles. The lowest BCUT2D eigenvalue weighted by Crippen LogP contribution is -2.37. The maximum absolute atomic E-state index is 12.2. The van der Waals surface area contributed by atoms with Crippen LogP contribution in [-0.4, -0.2) is 27.4 Å². The molecule has 100 valence electrons. The number of amides is 1. The topological polar surface area (TPSA) is 85.8 Å². The third-order valence-corrected chi connectivity index (χ3v) is 2.95. The van der Waals surface area contributed by atoms with E-state index in [9.17, 15) is 4.79 Å². The van der Waals surface area contributed by atoms with Gasteiger partial charge in [-0.2, -0.15) is 0 Å². The Balaban J connectivity index is 2.29. The SMILES string of the molecule is CC(C)(CN)C(=O)Nc1ccccc1-n1ccnn1. The summed E-state index contributed by atoms with van der Waals surface area (Å²) in [7, 11) is 0. The van der Waals surface area contributed by atoms with Gasteiger partial charge in [-0.1, -0.05) is 17.3 Å². The van der Waals surface area contributed by atoms with E-state index in [1.54, 1.807) is 30.9 Å². The molecule has 0 spiro atoms. The molecule has 0 fully saturated rings. The summed E-state index contributed by atoms with van der Waals surface area (Å²) < 4.78 is 1.60. The fraction of sp³-hybridized carbons (Fsp3) is 0.308. The van der Waals surface area contributed by atoms with Crippen molar-refractivity contribution < 1.29 is 4.79 Å². The van der Waals surface area contributed by atoms with Crippen LogP contribution in [-0.2, 0) is 4.79 Å². The summed E-state index contributed by atoms with van der Waals surface area (Å²) >= 11 is 0. The molecule has 19 heavy (non-hydrogen) atoms. The van der Waals surface area contributed by atoms with Crippen LogP contribution in [0, 0.1) is 5.41 Å². The number of nitrogens with two attached hydrogens (primary N) is 1. The highest BCUT2D eigenvalue weighted by atomic mass is 16.2. The summed E-state index contributed by atoms with van der Waals surface area (Å²) in [6.07, 6.45) is 3.31. The second-order valence-electron chi connectivity index (χ2n) is 4.91. The lowest BCUT2D eigenvalue weighted by molar-refractivity contribution is -0.123. The van der Waals surface area contributed by atoms with Gasteiger partial charge in [0.15, 0.2) is 0 Å². The van der Waals surface area contributed by atoms with Crippen molar-refractivity contribution in [2.45, 2.75) is 13.8 Å². The number of nitrogens with zero attached hydrogens (tertiary/aromatic N) is 3. The third-order valence-electron chi connectivity index (χ3n) is 2.95. The highest BCUT2D eigenvalue weighted by Gasteiger charge is 2.26. The van der Waals surface area contributed by atoms with Gasteiger partial charge in [-0.25, -0.2) is 4.68 Å². The van der Waals surface area contributed by atoms with E-state index < -0.39 is 5.41 Å². The molecule has 2 rings (SSSR count). The van der Waals surface area contributed by atoms with E-state index in [1.807, 2.05) is 24.3 Å². The van der Waals surface area contributed by atoms with Crippen LogP contribution in [0.15, 0.2) is 36.7 Å². The summed E-state index contributed by atoms with van der Waals surface area (Å²) in [6.45, 7) is 3.89. The van der Waals surface area contributed by atoms with Gasteiger partial charge in [0.2, 0.25) is 5.91 Å². The van der Waals surface area contributed by atoms with E-state index in [1.165, 1.54) is 0 Å². The summed E-state index contributed by atoms with van der Waals surface area (Å²) in [4.78, 5) is 12.2. The van der Waals surface area contributed by atoms with Crippen molar-refractivity contribution in [3.63, 3.8) is 0 Å². The summed E-state index contributed by atoms with van der Waals surface area (Å²) in [6, 6.07) is 7.41. The maximum atomic E-state index is 12.2. The number of hydrogen-bond acceptors (Lipinski definition) is 4. The number of nitrogens with one attached hydrogen (secondary N) is 1. The zero-order valence-electron chi connectivity index (χ0n) is 11.0. The first-order valence-electron chi connectivity index (χ1n) is 6.02. The van der Waals surface area contributed by atoms with E-state index in [2.05, 4.69) is 15.6 Å². The first-order chi connectivity index (χ1) is 9.04. The van der Waals surface area contributed by atoms with Crippen LogP contribution in [0.1, 0.15) is 13.8 Å². The van der Waals surface area contributed by atoms with Crippen LogP contribution in [0.5, 0.6) is 0 Å². The molecule has 0 bridgehead atoms. The minimum atomic E-state index is -0.616. The largest absolute Gasteiger partial charge is 0.329 e. The zero-order valence-corrected chi connectivity index (χ0v) is 11.0. The van der Waals surface area contributed by atoms with Crippen molar-refractivity contribution in [3.8, 4) is 5.69 Å². The van der Waals surface area contributed by atoms with Crippen molar-refractivity contribution in [2.24, 2.45) is 11.1 Å². The average Bonchev–Trinajstić information content (AvgIpc) is 2.93. The first kappa shape index (κ1) is 13.2. The molecule has 2 aromatic rings. The Morgan fingerprint density at radius 1 is 1.42 bits per heavy atom. The van der Waals surface area contributed by atoms with Crippen LogP contribution >= 0.6 is 0 Å². The van der Waals surface area contributed by atoms with Crippen molar-refractivity contribution >= 4 is 11.6 Å². The highest BCUT2D eigenvalue weighted by molar-refractivity contribution is 5.96. The Morgan fingerprint density at radius 2 is 2.16 bits per heavy atom. The van der Waals surface area contributed by atoms with E-state index in [-0.39, 0.29) is 12.5 Å². The molecule has 0 radical (unpaired) electrons. The molecule has 0 saturated carbocycles. The van der Waals surface area contributed by atoms with Gasteiger partial charge in [0.05, 0.1) is 29.2 Å². The molecule has 1 heterocycles. The molecule has 1 aromatic carbocycles. The van der Waals surface area contributed by atoms with Gasteiger partial charge in [-0.15, -0.1) is 5.10 Å². The lowest BCUT2D eigenvalue weighted by Gasteiger charge is -2.22. The Morgan fingerprint density at radius 3 is 2.79 bits per heavy atom. The molecule has 1 amide bonds. The number of para-hydroxylation sites is 2. The average molecular weight is 259 g/mol. The van der Waals surface area contributed by atoms with Crippen LogP contribution in [0.3, 0.4) is 0 Å². The summed E-state index contributed by atoms with van der Waals surface area (Å²) in [5.41, 5.74) is 6.43. The van der Waals surface area contributed by atoms with Gasteiger partial charge >= 0.3 is 0 Å². The summed E-state index contributed by atoms with van der Waals surface area (Å²) in [5, 5.41) is 10.6. The Kier molecular flexibility index (Phi) is 3.62. The quantitative estimate of drug-likeness (QED) is 0.863. The first-order valence-corrected chi connectivity index (χ1v) is 6.02. The van der Waals surface area contributed by atoms with Gasteiger partial charge in [0, 0.05) is 6.54 Å². The van der Waals surface area contributed by atoms with Crippen LogP contribution < -0.4 is 11.1 Å². The standard InChI is InChI=1S/C13H17N5O/c1-13(2,9-14)12(19)16-10-5-3-4-6-11(10)18-8-7-15-17-18/h3-8H,9,14H2,1-2H3,(H,16,19). The van der Waals surface area contributed by atoms with Crippen molar-refractivity contribution in [3.05, 3.63) is 36.7 Å². The molecular weight excluding hydrogens is 242 g/mol. The molecule has 0 aliphatic heterocycles. The van der Waals surface area contributed by atoms with Crippen molar-refractivity contribution in [1.82, 2.24) is 15.0 Å². The Hall–Kier alpha value is -2.21. The monoisotopic (exact) mass is 259 g/mol. The molecule has 0 aliphatic rings. The predicted molar refractivity (Wildman–Crippen MR) is 72.8 cm³/mol. The van der Waals surface area contributed by atoms with Crippen molar-refractivity contribution in [1.29, 1.82) is 0 Å². The number of rotatable bonds is 4. The van der Waals surface area contributed by atoms with Crippen LogP contribution in [0.2, 0.25) is 0 Å². The Labute approximate surface area is 111 Å². The van der Waals surface area contributed by atoms with Crippen LogP contribution in [0.4, 0.5) is 5.69 Å². The fourth-order valence-electron chi connectivity index (χ4n) is 1.50. The number of aromatic nitrogens is 3. The molecule has 0 atom stereocenters. The van der Waals surface area contributed by atoms with Gasteiger partial charge in [-0.05, 0) is 26.0 Å². The second-order valence-corrected chi connectivity index (χ2v) is 4.91. The number of anilines is 1. The minimum Gasteiger partial charge on any atom is -0.329 e.